The Labute approximate surface area is 125 Å². The number of rotatable bonds is 7. The van der Waals surface area contributed by atoms with Crippen LogP contribution < -0.4 is 10.5 Å². The Hall–Kier alpha value is -2.13. The minimum absolute atomic E-state index is 0.00507. The Morgan fingerprint density at radius 3 is 2.68 bits per heavy atom. The third-order valence-corrected chi connectivity index (χ3v) is 2.76. The second kappa shape index (κ2) is 7.23. The van der Waals surface area contributed by atoms with Gasteiger partial charge in [-0.15, -0.1) is 0 Å². The monoisotopic (exact) mass is 327 g/mol. The maximum atomic E-state index is 10.6. The molecule has 0 atom stereocenters. The molecule has 0 aliphatic carbocycles. The van der Waals surface area contributed by atoms with Crippen molar-refractivity contribution in [2.75, 3.05) is 25.3 Å². The molecular weight excluding hydrogens is 313 g/mol. The van der Waals surface area contributed by atoms with Gasteiger partial charge in [0.15, 0.2) is 5.82 Å². The molecule has 0 aromatic carbocycles. The molecule has 2 aromatic rings. The molecule has 0 unspecified atom stereocenters. The molecule has 4 N–H and O–H groups in total. The highest BCUT2D eigenvalue weighted by Gasteiger charge is 2.12. The molecule has 0 saturated carbocycles. The van der Waals surface area contributed by atoms with Crippen LogP contribution in [0.4, 0.5) is 5.95 Å². The van der Waals surface area contributed by atoms with Gasteiger partial charge in [-0.05, 0) is 12.1 Å². The Morgan fingerprint density at radius 1 is 1.18 bits per heavy atom. The average Bonchev–Trinajstić information content (AvgIpc) is 2.46. The Morgan fingerprint density at radius 2 is 2.00 bits per heavy atom. The van der Waals surface area contributed by atoms with Crippen LogP contribution in [0.2, 0.25) is 0 Å². The van der Waals surface area contributed by atoms with Gasteiger partial charge >= 0.3 is 13.6 Å². The largest absolute Gasteiger partial charge is 0.461 e. The first-order chi connectivity index (χ1) is 10.4. The topological polar surface area (TPSA) is 154 Å². The zero-order chi connectivity index (χ0) is 16.0. The minimum atomic E-state index is -4.18. The van der Waals surface area contributed by atoms with E-state index in [1.807, 2.05) is 0 Å². The predicted octanol–water partition coefficient (Wildman–Crippen LogP) is 0.0464. The van der Waals surface area contributed by atoms with E-state index in [4.69, 9.17) is 25.0 Å². The first-order valence-electron chi connectivity index (χ1n) is 6.12. The van der Waals surface area contributed by atoms with Gasteiger partial charge in [-0.25, -0.2) is 0 Å². The van der Waals surface area contributed by atoms with E-state index in [2.05, 4.69) is 19.9 Å². The molecule has 0 fully saturated rings. The third kappa shape index (κ3) is 5.34. The van der Waals surface area contributed by atoms with Crippen molar-refractivity contribution in [2.45, 2.75) is 0 Å². The quantitative estimate of drug-likeness (QED) is 0.469. The first-order valence-corrected chi connectivity index (χ1v) is 7.92. The highest BCUT2D eigenvalue weighted by Crippen LogP contribution is 2.33. The highest BCUT2D eigenvalue weighted by molar-refractivity contribution is 7.51. The van der Waals surface area contributed by atoms with Gasteiger partial charge in [0.1, 0.15) is 18.6 Å². The lowest BCUT2D eigenvalue weighted by Gasteiger charge is -2.08. The fourth-order valence-electron chi connectivity index (χ4n) is 1.42. The van der Waals surface area contributed by atoms with Crippen LogP contribution in [0.25, 0.3) is 11.5 Å². The van der Waals surface area contributed by atoms with Crippen LogP contribution >= 0.6 is 7.60 Å². The summed E-state index contributed by atoms with van der Waals surface area (Å²) in [5.41, 5.74) is 6.09. The van der Waals surface area contributed by atoms with Gasteiger partial charge in [-0.3, -0.25) is 9.55 Å². The van der Waals surface area contributed by atoms with Crippen molar-refractivity contribution in [1.29, 1.82) is 0 Å². The Balaban J connectivity index is 1.95. The number of nitrogens with zero attached hydrogens (tertiary/aromatic N) is 4. The Kier molecular flexibility index (Phi) is 5.34. The van der Waals surface area contributed by atoms with Crippen LogP contribution in [0.15, 0.2) is 24.4 Å². The number of pyridine rings is 1. The fraction of sp³-hybridized carbons (Fsp3) is 0.273. The zero-order valence-electron chi connectivity index (χ0n) is 11.4. The van der Waals surface area contributed by atoms with Crippen molar-refractivity contribution in [3.63, 3.8) is 0 Å². The average molecular weight is 327 g/mol. The minimum Gasteiger partial charge on any atom is -0.461 e. The maximum absolute atomic E-state index is 10.6. The van der Waals surface area contributed by atoms with Crippen molar-refractivity contribution in [1.82, 2.24) is 19.9 Å². The number of ether oxygens (including phenoxy) is 2. The van der Waals surface area contributed by atoms with E-state index in [-0.39, 0.29) is 31.0 Å². The van der Waals surface area contributed by atoms with Gasteiger partial charge in [0, 0.05) is 6.20 Å². The van der Waals surface area contributed by atoms with Crippen LogP contribution in [0.3, 0.4) is 0 Å². The summed E-state index contributed by atoms with van der Waals surface area (Å²) in [5.74, 6) is 0.237. The van der Waals surface area contributed by atoms with Gasteiger partial charge in [0.05, 0.1) is 6.61 Å². The van der Waals surface area contributed by atoms with Gasteiger partial charge in [0.25, 0.3) is 0 Å². The van der Waals surface area contributed by atoms with E-state index in [0.29, 0.717) is 5.69 Å². The molecule has 11 heteroatoms. The lowest BCUT2D eigenvalue weighted by Crippen LogP contribution is -2.11. The Bertz CT molecular complexity index is 665. The first kappa shape index (κ1) is 16.2. The molecule has 0 bridgehead atoms. The molecule has 2 rings (SSSR count). The highest BCUT2D eigenvalue weighted by atomic mass is 31.2. The molecule has 0 amide bonds. The van der Waals surface area contributed by atoms with Gasteiger partial charge in [0.2, 0.25) is 5.95 Å². The molecular formula is C11H14N5O5P. The molecule has 2 heterocycles. The van der Waals surface area contributed by atoms with E-state index in [1.165, 1.54) is 0 Å². The van der Waals surface area contributed by atoms with Crippen LogP contribution in [-0.2, 0) is 9.30 Å². The molecule has 118 valence electrons. The summed E-state index contributed by atoms with van der Waals surface area (Å²) in [7, 11) is -4.18. The lowest BCUT2D eigenvalue weighted by molar-refractivity contribution is 0.115. The fourth-order valence-corrected chi connectivity index (χ4v) is 1.79. The van der Waals surface area contributed by atoms with Crippen molar-refractivity contribution >= 4 is 13.5 Å². The van der Waals surface area contributed by atoms with E-state index in [0.717, 1.165) is 0 Å². The van der Waals surface area contributed by atoms with Crippen LogP contribution in [-0.4, -0.2) is 49.3 Å². The maximum Gasteiger partial charge on any atom is 0.350 e. The number of aromatic nitrogens is 4. The summed E-state index contributed by atoms with van der Waals surface area (Å²) in [6.07, 6.45) is 0.917. The number of nitrogens with two attached hydrogens (primary N) is 1. The van der Waals surface area contributed by atoms with Crippen molar-refractivity contribution in [3.8, 4) is 17.5 Å². The molecule has 0 aliphatic heterocycles. The van der Waals surface area contributed by atoms with E-state index in [1.54, 1.807) is 24.4 Å². The molecule has 22 heavy (non-hydrogen) atoms. The summed E-state index contributed by atoms with van der Waals surface area (Å²) in [4.78, 5) is 33.2. The number of anilines is 1. The molecule has 2 aromatic heterocycles. The SMILES string of the molecule is Nc1nc(OCCOCP(=O)(O)O)nc(-c2ccccn2)n1. The molecule has 0 aliphatic rings. The van der Waals surface area contributed by atoms with Crippen LogP contribution in [0, 0.1) is 0 Å². The van der Waals surface area contributed by atoms with E-state index in [9.17, 15) is 4.57 Å². The summed E-state index contributed by atoms with van der Waals surface area (Å²) in [6, 6.07) is 5.22. The van der Waals surface area contributed by atoms with Gasteiger partial charge < -0.3 is 25.0 Å². The van der Waals surface area contributed by atoms with E-state index >= 15 is 0 Å². The standard InChI is InChI=1S/C11H14N5O5P/c12-10-14-9(8-3-1-2-4-13-8)15-11(16-10)21-6-5-20-7-22(17,18)19/h1-4H,5-7H2,(H2,17,18,19)(H2,12,14,15,16). The van der Waals surface area contributed by atoms with Crippen molar-refractivity contribution in [3.05, 3.63) is 24.4 Å². The molecule has 0 spiro atoms. The van der Waals surface area contributed by atoms with Crippen LogP contribution in [0.5, 0.6) is 6.01 Å². The zero-order valence-corrected chi connectivity index (χ0v) is 12.3. The summed E-state index contributed by atoms with van der Waals surface area (Å²) >= 11 is 0. The summed E-state index contributed by atoms with van der Waals surface area (Å²) in [5, 5.41) is 0. The van der Waals surface area contributed by atoms with E-state index < -0.39 is 13.9 Å². The molecule has 0 radical (unpaired) electrons. The van der Waals surface area contributed by atoms with Gasteiger partial charge in [-0.1, -0.05) is 6.07 Å². The van der Waals surface area contributed by atoms with Gasteiger partial charge in [-0.2, -0.15) is 15.0 Å². The van der Waals surface area contributed by atoms with Crippen LogP contribution in [0.1, 0.15) is 0 Å². The normalized spacial score (nSPS) is 11.4. The number of hydrogen-bond acceptors (Lipinski definition) is 8. The van der Waals surface area contributed by atoms with Crippen molar-refractivity contribution in [2.24, 2.45) is 0 Å². The number of nitrogen functional groups attached to an aromatic ring is 1. The second-order valence-corrected chi connectivity index (χ2v) is 5.65. The smallest absolute Gasteiger partial charge is 0.350 e. The molecule has 10 nitrogen and oxygen atoms in total. The number of hydrogen-bond donors (Lipinski definition) is 3. The predicted molar refractivity (Wildman–Crippen MR) is 75.8 cm³/mol. The van der Waals surface area contributed by atoms with Crippen molar-refractivity contribution < 1.29 is 23.8 Å². The second-order valence-electron chi connectivity index (χ2n) is 4.07. The summed E-state index contributed by atoms with van der Waals surface area (Å²) in [6.45, 7) is -0.0271. The molecule has 0 saturated heterocycles. The lowest BCUT2D eigenvalue weighted by atomic mass is 10.3. The summed E-state index contributed by atoms with van der Waals surface area (Å²) < 4.78 is 20.6. The third-order valence-electron chi connectivity index (χ3n) is 2.24.